The molecule has 1 aromatic carbocycles. The lowest BCUT2D eigenvalue weighted by Gasteiger charge is -2.11. The van der Waals surface area contributed by atoms with Crippen LogP contribution in [-0.2, 0) is 0 Å². The molecule has 5 heteroatoms. The molecule has 112 valence electrons. The van der Waals surface area contributed by atoms with Crippen LogP contribution in [0.15, 0.2) is 16.6 Å². The largest absolute Gasteiger partial charge is 0.493 e. The molecule has 0 fully saturated rings. The van der Waals surface area contributed by atoms with Crippen LogP contribution in [0, 0.1) is 5.82 Å². The normalized spacial score (nSPS) is 10.6. The van der Waals surface area contributed by atoms with E-state index in [1.807, 2.05) is 0 Å². The van der Waals surface area contributed by atoms with Gasteiger partial charge in [0, 0.05) is 0 Å². The van der Waals surface area contributed by atoms with E-state index >= 15 is 0 Å². The molecule has 0 aliphatic heterocycles. The van der Waals surface area contributed by atoms with Gasteiger partial charge in [0.1, 0.15) is 11.3 Å². The summed E-state index contributed by atoms with van der Waals surface area (Å²) in [7, 11) is 0. The van der Waals surface area contributed by atoms with E-state index in [1.54, 1.807) is 6.07 Å². The van der Waals surface area contributed by atoms with Crippen LogP contribution in [-0.4, -0.2) is 12.5 Å². The van der Waals surface area contributed by atoms with E-state index in [-0.39, 0.29) is 15.8 Å². The Bertz CT molecular complexity index is 452. The topological polar surface area (TPSA) is 52.3 Å². The van der Waals surface area contributed by atoms with E-state index in [2.05, 4.69) is 22.9 Å². The number of nitrogens with two attached hydrogens (primary N) is 1. The van der Waals surface area contributed by atoms with Gasteiger partial charge < -0.3 is 10.5 Å². The van der Waals surface area contributed by atoms with Gasteiger partial charge in [0.15, 0.2) is 5.82 Å². The molecule has 0 aliphatic rings. The molecule has 0 aliphatic carbocycles. The minimum atomic E-state index is -0.818. The molecule has 0 heterocycles. The fourth-order valence-corrected chi connectivity index (χ4v) is 2.28. The zero-order valence-corrected chi connectivity index (χ0v) is 13.3. The molecule has 1 aromatic rings. The van der Waals surface area contributed by atoms with Gasteiger partial charge in [-0.1, -0.05) is 39.0 Å². The maximum Gasteiger partial charge on any atom is 0.255 e. The maximum absolute atomic E-state index is 13.8. The van der Waals surface area contributed by atoms with E-state index in [9.17, 15) is 9.18 Å². The van der Waals surface area contributed by atoms with Gasteiger partial charge in [-0.15, -0.1) is 0 Å². The van der Waals surface area contributed by atoms with Crippen LogP contribution in [0.2, 0.25) is 0 Å². The summed E-state index contributed by atoms with van der Waals surface area (Å²) in [4.78, 5) is 11.3. The van der Waals surface area contributed by atoms with Crippen LogP contribution in [0.25, 0.3) is 0 Å². The summed E-state index contributed by atoms with van der Waals surface area (Å²) in [5, 5.41) is 0. The molecule has 3 nitrogen and oxygen atoms in total. The van der Waals surface area contributed by atoms with Gasteiger partial charge in [-0.3, -0.25) is 4.79 Å². The number of carbonyl (C=O) groups excluding carboxylic acids is 1. The van der Waals surface area contributed by atoms with Gasteiger partial charge in [-0.05, 0) is 34.5 Å². The Hall–Kier alpha value is -1.10. The van der Waals surface area contributed by atoms with Crippen molar-refractivity contribution >= 4 is 21.8 Å². The van der Waals surface area contributed by atoms with E-state index in [0.29, 0.717) is 6.61 Å². The van der Waals surface area contributed by atoms with E-state index in [0.717, 1.165) is 12.8 Å². The lowest BCUT2D eigenvalue weighted by Crippen LogP contribution is -2.16. The molecule has 2 N–H and O–H groups in total. The van der Waals surface area contributed by atoms with E-state index < -0.39 is 11.7 Å². The van der Waals surface area contributed by atoms with Crippen molar-refractivity contribution in [1.82, 2.24) is 0 Å². The van der Waals surface area contributed by atoms with Crippen molar-refractivity contribution in [3.63, 3.8) is 0 Å². The standard InChI is InChI=1S/C15H21BrFNO2/c1-2-3-4-5-6-7-10-20-12-9-8-11(16)14(17)13(12)15(18)19/h8-9H,2-7,10H2,1H3,(H2,18,19). The second-order valence-corrected chi connectivity index (χ2v) is 5.57. The predicted molar refractivity (Wildman–Crippen MR) is 81.5 cm³/mol. The number of amides is 1. The molecular weight excluding hydrogens is 325 g/mol. The first-order chi connectivity index (χ1) is 9.57. The van der Waals surface area contributed by atoms with Gasteiger partial charge >= 0.3 is 0 Å². The van der Waals surface area contributed by atoms with E-state index in [4.69, 9.17) is 10.5 Å². The van der Waals surface area contributed by atoms with Crippen molar-refractivity contribution in [2.75, 3.05) is 6.61 Å². The number of carbonyl (C=O) groups is 1. The van der Waals surface area contributed by atoms with E-state index in [1.165, 1.54) is 31.7 Å². The van der Waals surface area contributed by atoms with Crippen LogP contribution in [0.4, 0.5) is 4.39 Å². The highest BCUT2D eigenvalue weighted by Crippen LogP contribution is 2.27. The number of ether oxygens (including phenoxy) is 1. The Kier molecular flexibility index (Phi) is 7.59. The first-order valence-corrected chi connectivity index (χ1v) is 7.77. The summed E-state index contributed by atoms with van der Waals surface area (Å²) in [6, 6.07) is 3.07. The highest BCUT2D eigenvalue weighted by Gasteiger charge is 2.18. The second-order valence-electron chi connectivity index (χ2n) is 4.71. The first kappa shape index (κ1) is 17.0. The van der Waals surface area contributed by atoms with Crippen molar-refractivity contribution in [3.8, 4) is 5.75 Å². The summed E-state index contributed by atoms with van der Waals surface area (Å²) in [6.45, 7) is 2.64. The number of halogens is 2. The molecule has 0 saturated carbocycles. The van der Waals surface area contributed by atoms with Gasteiger partial charge in [0.05, 0.1) is 11.1 Å². The van der Waals surface area contributed by atoms with Crippen molar-refractivity contribution in [1.29, 1.82) is 0 Å². The summed E-state index contributed by atoms with van der Waals surface area (Å²) in [6.07, 6.45) is 6.84. The monoisotopic (exact) mass is 345 g/mol. The van der Waals surface area contributed by atoms with Crippen LogP contribution < -0.4 is 10.5 Å². The van der Waals surface area contributed by atoms with Crippen LogP contribution in [0.5, 0.6) is 5.75 Å². The molecule has 20 heavy (non-hydrogen) atoms. The maximum atomic E-state index is 13.8. The molecule has 0 saturated heterocycles. The third kappa shape index (κ3) is 5.12. The van der Waals surface area contributed by atoms with Crippen LogP contribution in [0.3, 0.4) is 0 Å². The molecule has 1 rings (SSSR count). The number of rotatable bonds is 9. The Balaban J connectivity index is 2.48. The number of hydrogen-bond acceptors (Lipinski definition) is 2. The predicted octanol–water partition coefficient (Wildman–Crippen LogP) is 4.43. The summed E-state index contributed by atoms with van der Waals surface area (Å²) in [5.41, 5.74) is 5.00. The molecule has 0 bridgehead atoms. The lowest BCUT2D eigenvalue weighted by atomic mass is 10.1. The number of primary amides is 1. The second kappa shape index (κ2) is 8.95. The summed E-state index contributed by atoms with van der Waals surface area (Å²) in [5.74, 6) is -1.27. The summed E-state index contributed by atoms with van der Waals surface area (Å²) < 4.78 is 19.5. The Labute approximate surface area is 127 Å². The van der Waals surface area contributed by atoms with Crippen LogP contribution in [0.1, 0.15) is 55.8 Å². The molecule has 0 atom stereocenters. The number of unbranched alkanes of at least 4 members (excludes halogenated alkanes) is 5. The molecule has 0 spiro atoms. The van der Waals surface area contributed by atoms with Crippen molar-refractivity contribution in [3.05, 3.63) is 28.0 Å². The Morgan fingerprint density at radius 2 is 1.90 bits per heavy atom. The smallest absolute Gasteiger partial charge is 0.255 e. The van der Waals surface area contributed by atoms with Gasteiger partial charge in [0.2, 0.25) is 0 Å². The van der Waals surface area contributed by atoms with Crippen molar-refractivity contribution in [2.24, 2.45) is 5.73 Å². The highest BCUT2D eigenvalue weighted by molar-refractivity contribution is 9.10. The first-order valence-electron chi connectivity index (χ1n) is 6.98. The fraction of sp³-hybridized carbons (Fsp3) is 0.533. The molecule has 0 aromatic heterocycles. The zero-order valence-electron chi connectivity index (χ0n) is 11.8. The molecule has 0 radical (unpaired) electrons. The minimum absolute atomic E-state index is 0.189. The molecule has 1 amide bonds. The average molecular weight is 346 g/mol. The third-order valence-electron chi connectivity index (χ3n) is 3.06. The van der Waals surface area contributed by atoms with Crippen molar-refractivity contribution < 1.29 is 13.9 Å². The number of hydrogen-bond donors (Lipinski definition) is 1. The highest BCUT2D eigenvalue weighted by atomic mass is 79.9. The third-order valence-corrected chi connectivity index (χ3v) is 3.67. The van der Waals surface area contributed by atoms with Crippen LogP contribution >= 0.6 is 15.9 Å². The SMILES string of the molecule is CCCCCCCCOc1ccc(Br)c(F)c1C(N)=O. The Morgan fingerprint density at radius 3 is 2.55 bits per heavy atom. The average Bonchev–Trinajstić information content (AvgIpc) is 2.41. The fourth-order valence-electron chi connectivity index (χ4n) is 1.95. The van der Waals surface area contributed by atoms with Gasteiger partial charge in [-0.2, -0.15) is 0 Å². The van der Waals surface area contributed by atoms with Crippen molar-refractivity contribution in [2.45, 2.75) is 45.4 Å². The van der Waals surface area contributed by atoms with Gasteiger partial charge in [-0.25, -0.2) is 4.39 Å². The number of benzene rings is 1. The summed E-state index contributed by atoms with van der Waals surface area (Å²) >= 11 is 3.03. The Morgan fingerprint density at radius 1 is 1.25 bits per heavy atom. The molecular formula is C15H21BrFNO2. The molecule has 0 unspecified atom stereocenters. The van der Waals surface area contributed by atoms with Gasteiger partial charge in [0.25, 0.3) is 5.91 Å². The minimum Gasteiger partial charge on any atom is -0.493 e. The quantitative estimate of drug-likeness (QED) is 0.673. The zero-order chi connectivity index (χ0) is 15.0. The lowest BCUT2D eigenvalue weighted by molar-refractivity contribution is 0.0992.